The number of aromatic nitrogens is 2. The second-order valence-corrected chi connectivity index (χ2v) is 3.27. The van der Waals surface area contributed by atoms with E-state index in [4.69, 9.17) is 8.94 Å². The van der Waals surface area contributed by atoms with Gasteiger partial charge < -0.3 is 14.3 Å². The highest BCUT2D eigenvalue weighted by molar-refractivity contribution is 5.05. The van der Waals surface area contributed by atoms with E-state index in [0.717, 1.165) is 31.0 Å². The van der Waals surface area contributed by atoms with Crippen LogP contribution in [-0.4, -0.2) is 16.7 Å². The lowest BCUT2D eigenvalue weighted by atomic mass is 10.4. The van der Waals surface area contributed by atoms with Crippen molar-refractivity contribution in [1.82, 2.24) is 15.5 Å². The van der Waals surface area contributed by atoms with Gasteiger partial charge >= 0.3 is 0 Å². The van der Waals surface area contributed by atoms with Gasteiger partial charge in [-0.1, -0.05) is 5.16 Å². The number of hydrogen-bond donors (Lipinski definition) is 1. The van der Waals surface area contributed by atoms with E-state index < -0.39 is 0 Å². The number of rotatable bonds is 5. The Morgan fingerprint density at radius 2 is 2.33 bits per heavy atom. The summed E-state index contributed by atoms with van der Waals surface area (Å²) in [6.45, 7) is 3.45. The summed E-state index contributed by atoms with van der Waals surface area (Å²) in [7, 11) is 0. The molecule has 0 saturated carbocycles. The van der Waals surface area contributed by atoms with Crippen LogP contribution in [0.3, 0.4) is 0 Å². The zero-order valence-electron chi connectivity index (χ0n) is 8.56. The van der Waals surface area contributed by atoms with Crippen LogP contribution in [0.5, 0.6) is 0 Å². The normalized spacial score (nSPS) is 10.7. The summed E-state index contributed by atoms with van der Waals surface area (Å²) < 4.78 is 10.3. The number of hydrogen-bond acceptors (Lipinski definition) is 5. The molecule has 0 saturated heterocycles. The highest BCUT2D eigenvalue weighted by Gasteiger charge is 2.00. The van der Waals surface area contributed by atoms with Gasteiger partial charge in [-0.3, -0.25) is 0 Å². The summed E-state index contributed by atoms with van der Waals surface area (Å²) in [5.74, 6) is 2.53. The van der Waals surface area contributed by atoms with Crippen LogP contribution >= 0.6 is 0 Å². The highest BCUT2D eigenvalue weighted by atomic mass is 16.5. The molecule has 0 atom stereocenters. The van der Waals surface area contributed by atoms with Crippen molar-refractivity contribution >= 4 is 0 Å². The summed E-state index contributed by atoms with van der Waals surface area (Å²) in [6, 6.07) is 3.92. The van der Waals surface area contributed by atoms with Crippen molar-refractivity contribution in [1.29, 1.82) is 0 Å². The van der Waals surface area contributed by atoms with Crippen LogP contribution in [0.15, 0.2) is 27.4 Å². The Hall–Kier alpha value is -1.62. The van der Waals surface area contributed by atoms with Crippen molar-refractivity contribution in [3.63, 3.8) is 0 Å². The Balaban J connectivity index is 1.67. The van der Waals surface area contributed by atoms with E-state index in [1.807, 2.05) is 19.1 Å². The van der Waals surface area contributed by atoms with Gasteiger partial charge in [0.25, 0.3) is 0 Å². The van der Waals surface area contributed by atoms with Crippen LogP contribution in [0.1, 0.15) is 17.4 Å². The molecule has 2 heterocycles. The molecule has 0 aliphatic carbocycles. The van der Waals surface area contributed by atoms with Crippen LogP contribution in [0.4, 0.5) is 0 Å². The van der Waals surface area contributed by atoms with Crippen molar-refractivity contribution in [2.45, 2.75) is 19.9 Å². The number of furan rings is 1. The van der Waals surface area contributed by atoms with Gasteiger partial charge in [0.15, 0.2) is 6.33 Å². The van der Waals surface area contributed by atoms with Gasteiger partial charge in [0.2, 0.25) is 5.89 Å². The SMILES string of the molecule is Cc1ccc(CNCCc2ncno2)o1. The van der Waals surface area contributed by atoms with E-state index in [0.29, 0.717) is 5.89 Å². The Kier molecular flexibility index (Phi) is 3.14. The Bertz CT molecular complexity index is 394. The minimum Gasteiger partial charge on any atom is -0.465 e. The van der Waals surface area contributed by atoms with Crippen molar-refractivity contribution in [2.75, 3.05) is 6.54 Å². The first kappa shape index (κ1) is 9.92. The summed E-state index contributed by atoms with van der Waals surface area (Å²) in [5.41, 5.74) is 0. The molecule has 0 unspecified atom stereocenters. The molecule has 15 heavy (non-hydrogen) atoms. The lowest BCUT2D eigenvalue weighted by molar-refractivity contribution is 0.373. The van der Waals surface area contributed by atoms with Gasteiger partial charge in [0.1, 0.15) is 11.5 Å². The van der Waals surface area contributed by atoms with E-state index in [1.54, 1.807) is 0 Å². The first-order chi connectivity index (χ1) is 7.34. The molecule has 0 fully saturated rings. The molecule has 2 rings (SSSR count). The van der Waals surface area contributed by atoms with Crippen LogP contribution in [0, 0.1) is 6.92 Å². The first-order valence-corrected chi connectivity index (χ1v) is 4.86. The minimum absolute atomic E-state index is 0.651. The molecule has 1 N–H and O–H groups in total. The van der Waals surface area contributed by atoms with Gasteiger partial charge in [0.05, 0.1) is 6.54 Å². The molecule has 5 nitrogen and oxygen atoms in total. The van der Waals surface area contributed by atoms with E-state index in [-0.39, 0.29) is 0 Å². The van der Waals surface area contributed by atoms with Gasteiger partial charge in [-0.15, -0.1) is 0 Å². The van der Waals surface area contributed by atoms with Crippen LogP contribution in [0.2, 0.25) is 0 Å². The third-order valence-electron chi connectivity index (χ3n) is 2.02. The van der Waals surface area contributed by atoms with E-state index in [2.05, 4.69) is 15.5 Å². The smallest absolute Gasteiger partial charge is 0.227 e. The average molecular weight is 207 g/mol. The quantitative estimate of drug-likeness (QED) is 0.749. The fourth-order valence-electron chi connectivity index (χ4n) is 1.29. The second-order valence-electron chi connectivity index (χ2n) is 3.27. The summed E-state index contributed by atoms with van der Waals surface area (Å²) in [5, 5.41) is 6.76. The van der Waals surface area contributed by atoms with Crippen LogP contribution < -0.4 is 5.32 Å². The molecule has 0 radical (unpaired) electrons. The van der Waals surface area contributed by atoms with Crippen molar-refractivity contribution in [2.24, 2.45) is 0 Å². The first-order valence-electron chi connectivity index (χ1n) is 4.86. The van der Waals surface area contributed by atoms with Crippen molar-refractivity contribution < 1.29 is 8.94 Å². The molecule has 0 aliphatic heterocycles. The second kappa shape index (κ2) is 4.75. The largest absolute Gasteiger partial charge is 0.465 e. The lowest BCUT2D eigenvalue weighted by Gasteiger charge is -1.99. The third-order valence-corrected chi connectivity index (χ3v) is 2.02. The summed E-state index contributed by atoms with van der Waals surface area (Å²) in [6.07, 6.45) is 2.14. The highest BCUT2D eigenvalue weighted by Crippen LogP contribution is 2.05. The van der Waals surface area contributed by atoms with Crippen LogP contribution in [-0.2, 0) is 13.0 Å². The third kappa shape index (κ3) is 2.92. The van der Waals surface area contributed by atoms with Crippen molar-refractivity contribution in [3.8, 4) is 0 Å². The maximum atomic E-state index is 5.41. The minimum atomic E-state index is 0.651. The fraction of sp³-hybridized carbons (Fsp3) is 0.400. The molecular weight excluding hydrogens is 194 g/mol. The zero-order valence-corrected chi connectivity index (χ0v) is 8.56. The summed E-state index contributed by atoms with van der Waals surface area (Å²) >= 11 is 0. The molecule has 5 heteroatoms. The topological polar surface area (TPSA) is 64.1 Å². The monoisotopic (exact) mass is 207 g/mol. The fourth-order valence-corrected chi connectivity index (χ4v) is 1.29. The van der Waals surface area contributed by atoms with Gasteiger partial charge in [-0.25, -0.2) is 0 Å². The van der Waals surface area contributed by atoms with E-state index in [1.165, 1.54) is 6.33 Å². The van der Waals surface area contributed by atoms with E-state index >= 15 is 0 Å². The number of aryl methyl sites for hydroxylation is 1. The maximum absolute atomic E-state index is 5.41. The van der Waals surface area contributed by atoms with Gasteiger partial charge in [-0.2, -0.15) is 4.98 Å². The zero-order chi connectivity index (χ0) is 10.5. The molecule has 0 amide bonds. The Morgan fingerprint density at radius 3 is 3.00 bits per heavy atom. The molecule has 0 aromatic carbocycles. The van der Waals surface area contributed by atoms with E-state index in [9.17, 15) is 0 Å². The standard InChI is InChI=1S/C10H13N3O2/c1-8-2-3-9(14-8)6-11-5-4-10-12-7-13-15-10/h2-3,7,11H,4-6H2,1H3. The van der Waals surface area contributed by atoms with Crippen molar-refractivity contribution in [3.05, 3.63) is 35.9 Å². The predicted octanol–water partition coefficient (Wildman–Crippen LogP) is 1.30. The maximum Gasteiger partial charge on any atom is 0.227 e. The molecule has 0 spiro atoms. The molecule has 0 aliphatic rings. The molecular formula is C10H13N3O2. The average Bonchev–Trinajstić information content (AvgIpc) is 2.84. The molecule has 80 valence electrons. The van der Waals surface area contributed by atoms with Gasteiger partial charge in [0, 0.05) is 13.0 Å². The molecule has 2 aromatic heterocycles. The lowest BCUT2D eigenvalue weighted by Crippen LogP contribution is -2.16. The molecule has 2 aromatic rings. The number of nitrogens with zero attached hydrogens (tertiary/aromatic N) is 2. The Morgan fingerprint density at radius 1 is 1.40 bits per heavy atom. The van der Waals surface area contributed by atoms with Crippen LogP contribution in [0.25, 0.3) is 0 Å². The predicted molar refractivity (Wildman–Crippen MR) is 53.2 cm³/mol. The van der Waals surface area contributed by atoms with Gasteiger partial charge in [-0.05, 0) is 19.1 Å². The number of nitrogens with one attached hydrogen (secondary N) is 1. The Labute approximate surface area is 87.5 Å². The summed E-state index contributed by atoms with van der Waals surface area (Å²) in [4.78, 5) is 3.92. The molecule has 0 bridgehead atoms.